The molecule has 3 radical (unpaired) electrons. The van der Waals surface area contributed by atoms with Gasteiger partial charge in [0.2, 0.25) is 0 Å². The van der Waals surface area contributed by atoms with E-state index in [2.05, 4.69) is 0 Å². The van der Waals surface area contributed by atoms with Crippen LogP contribution in [-0.2, 0) is 71.4 Å². The van der Waals surface area contributed by atoms with Crippen LogP contribution in [0.5, 0.6) is 0 Å². The molecular formula is Co3MoP4. The van der Waals surface area contributed by atoms with Gasteiger partial charge in [0.15, 0.2) is 0 Å². The monoisotopic (exact) mass is 399 g/mol. The molecule has 0 aliphatic rings. The van der Waals surface area contributed by atoms with Gasteiger partial charge in [0, 0.05) is 0 Å². The smallest absolute Gasteiger partial charge is 3.00 e. The minimum Gasteiger partial charge on any atom is -3.00 e. The molecule has 0 saturated heterocycles. The molecule has 0 aromatic rings. The summed E-state index contributed by atoms with van der Waals surface area (Å²) in [5.74, 6) is 0. The van der Waals surface area contributed by atoms with E-state index in [1.54, 1.807) is 0 Å². The molecule has 0 aromatic heterocycles. The second-order valence-corrected chi connectivity index (χ2v) is 0. The maximum Gasteiger partial charge on any atom is 6.00 e. The Labute approximate surface area is 110 Å². The Morgan fingerprint density at radius 3 is 0.375 bits per heavy atom. The standard InChI is InChI=1S/3Co.Mo.4P/q3*+2;+6;4*-3. The Morgan fingerprint density at radius 1 is 0.375 bits per heavy atom. The van der Waals surface area contributed by atoms with E-state index >= 15 is 0 Å². The molecular weight excluding hydrogens is 397 g/mol. The van der Waals surface area contributed by atoms with E-state index in [0.29, 0.717) is 0 Å². The molecule has 0 aromatic carbocycles. The summed E-state index contributed by atoms with van der Waals surface area (Å²) >= 11 is 0. The SMILES string of the molecule is [Co+2].[Co+2].[Co+2].[Mo+6].[P-3].[P-3].[P-3].[P-3]. The van der Waals surface area contributed by atoms with E-state index in [1.807, 2.05) is 0 Å². The third-order valence-corrected chi connectivity index (χ3v) is 0. The van der Waals surface area contributed by atoms with Crippen molar-refractivity contribution in [1.29, 1.82) is 0 Å². The minimum atomic E-state index is 0. The number of hydrogen-bond acceptors (Lipinski definition) is 0. The zero-order valence-corrected chi connectivity index (χ0v) is 11.9. The van der Waals surface area contributed by atoms with Crippen molar-refractivity contribution >= 4 is 39.6 Å². The zero-order valence-electron chi connectivity index (χ0n) is 3.20. The van der Waals surface area contributed by atoms with Crippen molar-refractivity contribution in [3.63, 3.8) is 0 Å². The number of hydrogen-bond donors (Lipinski definition) is 0. The van der Waals surface area contributed by atoms with Gasteiger partial charge in [0.25, 0.3) is 0 Å². The Balaban J connectivity index is 0. The van der Waals surface area contributed by atoms with Crippen LogP contribution in [0.4, 0.5) is 0 Å². The quantitative estimate of drug-likeness (QED) is 0.435. The Hall–Kier alpha value is 3.93. The van der Waals surface area contributed by atoms with E-state index in [1.165, 1.54) is 0 Å². The molecule has 0 N–H and O–H groups in total. The Morgan fingerprint density at radius 2 is 0.375 bits per heavy atom. The van der Waals surface area contributed by atoms with Gasteiger partial charge in [-0.3, -0.25) is 0 Å². The predicted octanol–water partition coefficient (Wildman–Crippen LogP) is 3.43. The summed E-state index contributed by atoms with van der Waals surface area (Å²) in [4.78, 5) is 0. The molecule has 0 bridgehead atoms. The van der Waals surface area contributed by atoms with Crippen molar-refractivity contribution in [2.75, 3.05) is 0 Å². The second-order valence-electron chi connectivity index (χ2n) is 0. The number of rotatable bonds is 0. The fraction of sp³-hybridized carbons (Fsp3) is 0. The molecule has 0 unspecified atom stereocenters. The van der Waals surface area contributed by atoms with Crippen LogP contribution in [0.25, 0.3) is 0 Å². The summed E-state index contributed by atoms with van der Waals surface area (Å²) in [6, 6.07) is 0. The molecule has 0 fully saturated rings. The summed E-state index contributed by atoms with van der Waals surface area (Å²) < 4.78 is 0. The van der Waals surface area contributed by atoms with Crippen molar-refractivity contribution < 1.29 is 71.4 Å². The van der Waals surface area contributed by atoms with Gasteiger partial charge in [-0.2, -0.15) is 0 Å². The van der Waals surface area contributed by atoms with Gasteiger partial charge in [0.05, 0.1) is 0 Å². The van der Waals surface area contributed by atoms with Crippen molar-refractivity contribution in [3.05, 3.63) is 0 Å². The topological polar surface area (TPSA) is 0 Å². The first-order valence-corrected chi connectivity index (χ1v) is 0. The van der Waals surface area contributed by atoms with E-state index in [0.717, 1.165) is 0 Å². The zero-order chi connectivity index (χ0) is 0. The summed E-state index contributed by atoms with van der Waals surface area (Å²) in [6.45, 7) is 0. The van der Waals surface area contributed by atoms with E-state index in [9.17, 15) is 0 Å². The first-order valence-electron chi connectivity index (χ1n) is 0. The van der Waals surface area contributed by atoms with Crippen LogP contribution in [0, 0.1) is 0 Å². The normalized spacial score (nSPS) is 0. The van der Waals surface area contributed by atoms with Gasteiger partial charge in [-0.25, -0.2) is 0 Å². The molecule has 8 heteroatoms. The van der Waals surface area contributed by atoms with Crippen LogP contribution >= 0.6 is 39.6 Å². The molecule has 0 aliphatic heterocycles. The Kier molecular flexibility index (Phi) is 806. The van der Waals surface area contributed by atoms with E-state index in [-0.39, 0.29) is 111 Å². The molecule has 8 heavy (non-hydrogen) atoms. The molecule has 0 rings (SSSR count). The van der Waals surface area contributed by atoms with Crippen LogP contribution in [-0.4, -0.2) is 0 Å². The second kappa shape index (κ2) is 69.8. The molecule has 0 amide bonds. The van der Waals surface area contributed by atoms with Crippen LogP contribution in [0.1, 0.15) is 0 Å². The molecule has 53 valence electrons. The largest absolute Gasteiger partial charge is 6.00 e. The van der Waals surface area contributed by atoms with Crippen LogP contribution in [0.3, 0.4) is 0 Å². The van der Waals surface area contributed by atoms with Crippen LogP contribution < -0.4 is 0 Å². The van der Waals surface area contributed by atoms with Gasteiger partial charge >= 0.3 is 71.4 Å². The van der Waals surface area contributed by atoms with Crippen molar-refractivity contribution in [1.82, 2.24) is 0 Å². The van der Waals surface area contributed by atoms with Gasteiger partial charge in [-0.15, -0.1) is 0 Å². The van der Waals surface area contributed by atoms with Gasteiger partial charge in [0.1, 0.15) is 0 Å². The predicted molar refractivity (Wildman–Crippen MR) is 27.7 cm³/mol. The molecule has 0 nitrogen and oxygen atoms in total. The first kappa shape index (κ1) is 92.3. The third kappa shape index (κ3) is 51.3. The van der Waals surface area contributed by atoms with Crippen molar-refractivity contribution in [3.8, 4) is 0 Å². The van der Waals surface area contributed by atoms with Gasteiger partial charge in [-0.05, 0) is 0 Å². The van der Waals surface area contributed by atoms with Crippen LogP contribution in [0.15, 0.2) is 0 Å². The molecule has 0 saturated carbocycles. The van der Waals surface area contributed by atoms with Gasteiger partial charge < -0.3 is 39.6 Å². The third-order valence-electron chi connectivity index (χ3n) is 0. The van der Waals surface area contributed by atoms with Crippen molar-refractivity contribution in [2.24, 2.45) is 0 Å². The van der Waals surface area contributed by atoms with Crippen molar-refractivity contribution in [2.45, 2.75) is 0 Å². The summed E-state index contributed by atoms with van der Waals surface area (Å²) in [5.41, 5.74) is 0. The summed E-state index contributed by atoms with van der Waals surface area (Å²) in [7, 11) is 0. The Bertz CT molecular complexity index is 11.2. The average Bonchev–Trinajstić information content (AvgIpc) is 0. The molecule has 0 heterocycles. The minimum absolute atomic E-state index is 0. The first-order chi connectivity index (χ1) is 0. The van der Waals surface area contributed by atoms with E-state index in [4.69, 9.17) is 0 Å². The van der Waals surface area contributed by atoms with E-state index < -0.39 is 0 Å². The molecule has 0 spiro atoms. The summed E-state index contributed by atoms with van der Waals surface area (Å²) in [5, 5.41) is 0. The maximum absolute atomic E-state index is 0. The van der Waals surface area contributed by atoms with Gasteiger partial charge in [-0.1, -0.05) is 0 Å². The average molecular weight is 397 g/mol. The fourth-order valence-electron chi connectivity index (χ4n) is 0. The summed E-state index contributed by atoms with van der Waals surface area (Å²) in [6.07, 6.45) is 0. The molecule has 0 aliphatic carbocycles. The fourth-order valence-corrected chi connectivity index (χ4v) is 0. The maximum atomic E-state index is 0. The molecule has 0 atom stereocenters. The van der Waals surface area contributed by atoms with Crippen LogP contribution in [0.2, 0.25) is 0 Å².